The second-order valence-corrected chi connectivity index (χ2v) is 28.4. The lowest BCUT2D eigenvalue weighted by atomic mass is 10.1. The minimum atomic E-state index is -4.68. The molecular formula is C40H49FN11O12P2S2Si-. The average molecular weight is 1050 g/mol. The van der Waals surface area contributed by atoms with Crippen molar-refractivity contribution < 1.29 is 55.4 Å². The Morgan fingerprint density at radius 2 is 1.67 bits per heavy atom. The molecule has 23 nitrogen and oxygen atoms in total. The Morgan fingerprint density at radius 1 is 0.986 bits per heavy atom. The van der Waals surface area contributed by atoms with Crippen molar-refractivity contribution in [2.45, 2.75) is 102 Å². The molecule has 29 heteroatoms. The van der Waals surface area contributed by atoms with Crippen molar-refractivity contribution in [1.82, 2.24) is 39.0 Å². The first-order valence-corrected chi connectivity index (χ1v) is 29.6. The maximum absolute atomic E-state index is 17.2. The lowest BCUT2D eigenvalue weighted by Gasteiger charge is -2.42. The highest BCUT2D eigenvalue weighted by Gasteiger charge is 2.55. The van der Waals surface area contributed by atoms with Crippen LogP contribution in [0.2, 0.25) is 18.1 Å². The predicted molar refractivity (Wildman–Crippen MR) is 254 cm³/mol. The van der Waals surface area contributed by atoms with E-state index in [-0.39, 0.29) is 47.2 Å². The van der Waals surface area contributed by atoms with Crippen molar-refractivity contribution in [3.8, 4) is 0 Å². The number of aromatic nitrogens is 8. The number of fused-ring (bicyclic) bond motifs is 5. The number of rotatable bonds is 11. The highest BCUT2D eigenvalue weighted by Crippen LogP contribution is 2.57. The van der Waals surface area contributed by atoms with E-state index in [4.69, 9.17) is 66.7 Å². The Morgan fingerprint density at radius 3 is 2.36 bits per heavy atom. The van der Waals surface area contributed by atoms with Crippen molar-refractivity contribution >= 4 is 91.3 Å². The summed E-state index contributed by atoms with van der Waals surface area (Å²) in [5.74, 6) is -1.48. The van der Waals surface area contributed by atoms with E-state index in [1.54, 1.807) is 44.2 Å². The minimum Gasteiger partial charge on any atom is -0.780 e. The van der Waals surface area contributed by atoms with E-state index in [2.05, 4.69) is 45.4 Å². The molecule has 0 radical (unpaired) electrons. The number of alkyl halides is 1. The molecule has 10 atom stereocenters. The highest BCUT2D eigenvalue weighted by atomic mass is 32.5. The molecule has 370 valence electrons. The maximum Gasteiger partial charge on any atom is 0.328 e. The van der Waals surface area contributed by atoms with Crippen LogP contribution in [0.1, 0.15) is 57.4 Å². The van der Waals surface area contributed by atoms with E-state index in [9.17, 15) is 19.3 Å². The van der Waals surface area contributed by atoms with E-state index in [0.717, 1.165) is 6.33 Å². The molecule has 3 aliphatic heterocycles. The van der Waals surface area contributed by atoms with Gasteiger partial charge >= 0.3 is 6.72 Å². The monoisotopic (exact) mass is 1050 g/mol. The molecule has 0 saturated carbocycles. The Bertz CT molecular complexity index is 2940. The summed E-state index contributed by atoms with van der Waals surface area (Å²) < 4.78 is 70.5. The van der Waals surface area contributed by atoms with Gasteiger partial charge in [0, 0.05) is 11.5 Å². The molecule has 0 spiro atoms. The lowest BCUT2D eigenvalue weighted by molar-refractivity contribution is -0.218. The lowest BCUT2D eigenvalue weighted by Crippen LogP contribution is -2.50. The van der Waals surface area contributed by atoms with Gasteiger partial charge in [0.1, 0.15) is 50.2 Å². The summed E-state index contributed by atoms with van der Waals surface area (Å²) in [6.07, 6.45) is -8.08. The largest absolute Gasteiger partial charge is 0.780 e. The standard InChI is InChI=1S/C40H50FN11O12P2S2Si/c1-21(2)34(53)49-39-48-33-27(36(55)50-39)46-20-52(33)38-30-29(64-69(7,8)40(3,4)5)24(61-38)17-59-66(68,57-15-14-42-6)63-28-23(16-58-65(56,67)62-30)60-37(25(28)41)51-19-45-26-31(43-18-44-32(26)51)47-35(54)22-12-10-9-11-13-22/h9-13,18-21,23-25,28-30,37-38H,14-17H2,1-5,7-8H3,(H,56,67)(H,43,44,47,54)(H2,48,49,50,53,55)/p-1/t23-,24-,25?,28+,29+,30?,37-,38-,65?,66?/m1/s1. The molecule has 69 heavy (non-hydrogen) atoms. The molecule has 3 aliphatic rings. The van der Waals surface area contributed by atoms with E-state index in [1.807, 2.05) is 33.9 Å². The van der Waals surface area contributed by atoms with Crippen LogP contribution < -0.4 is 21.1 Å². The third-order valence-electron chi connectivity index (χ3n) is 11.9. The van der Waals surface area contributed by atoms with Crippen LogP contribution in [0.15, 0.2) is 54.1 Å². The van der Waals surface area contributed by atoms with Crippen LogP contribution in [0, 0.1) is 12.5 Å². The molecule has 7 heterocycles. The van der Waals surface area contributed by atoms with Gasteiger partial charge in [0.2, 0.25) is 18.4 Å². The highest BCUT2D eigenvalue weighted by molar-refractivity contribution is 8.07. The number of aromatic amines is 1. The smallest absolute Gasteiger partial charge is 0.328 e. The number of carbonyl (C=O) groups excluding carboxylic acids is 2. The first-order chi connectivity index (χ1) is 32.6. The molecule has 5 aromatic rings. The first-order valence-electron chi connectivity index (χ1n) is 21.6. The summed E-state index contributed by atoms with van der Waals surface area (Å²) in [5, 5.41) is 4.89. The van der Waals surface area contributed by atoms with Gasteiger partial charge in [-0.1, -0.05) is 64.6 Å². The Labute approximate surface area is 405 Å². The number of halogens is 1. The van der Waals surface area contributed by atoms with Crippen LogP contribution in [0.3, 0.4) is 0 Å². The number of ether oxygens (including phenoxy) is 2. The third-order valence-corrected chi connectivity index (χ3v) is 20.3. The van der Waals surface area contributed by atoms with E-state index in [0.29, 0.717) is 5.56 Å². The predicted octanol–water partition coefficient (Wildman–Crippen LogP) is 4.89. The van der Waals surface area contributed by atoms with E-state index in [1.165, 1.54) is 21.8 Å². The van der Waals surface area contributed by atoms with Crippen molar-refractivity contribution in [1.29, 1.82) is 0 Å². The third kappa shape index (κ3) is 10.8. The molecule has 0 aliphatic carbocycles. The van der Waals surface area contributed by atoms with Gasteiger partial charge in [-0.25, -0.2) is 30.9 Å². The molecule has 3 N–H and O–H groups in total. The van der Waals surface area contributed by atoms with Crippen LogP contribution in [0.5, 0.6) is 0 Å². The number of carbonyl (C=O) groups is 2. The summed E-state index contributed by atoms with van der Waals surface area (Å²) in [5.41, 5.74) is -0.325. The van der Waals surface area contributed by atoms with Crippen LogP contribution in [-0.2, 0) is 64.9 Å². The Balaban J connectivity index is 1.16. The Kier molecular flexibility index (Phi) is 14.8. The zero-order chi connectivity index (χ0) is 49.6. The molecule has 4 unspecified atom stereocenters. The minimum absolute atomic E-state index is 0.0417. The molecule has 1 aromatic carbocycles. The van der Waals surface area contributed by atoms with Gasteiger partial charge in [-0.15, -0.1) is 0 Å². The van der Waals surface area contributed by atoms with Crippen LogP contribution in [0.4, 0.5) is 16.2 Å². The summed E-state index contributed by atoms with van der Waals surface area (Å²) in [6, 6.07) is 8.41. The van der Waals surface area contributed by atoms with Gasteiger partial charge < -0.3 is 47.0 Å². The number of benzene rings is 1. The number of hydrogen-bond donors (Lipinski definition) is 3. The fourth-order valence-electron chi connectivity index (χ4n) is 7.30. The average Bonchev–Trinajstić information content (AvgIpc) is 4.06. The van der Waals surface area contributed by atoms with Crippen LogP contribution in [0.25, 0.3) is 27.2 Å². The summed E-state index contributed by atoms with van der Waals surface area (Å²) >= 11 is 11.5. The topological polar surface area (TPSA) is 267 Å². The Hall–Kier alpha value is -4.36. The van der Waals surface area contributed by atoms with Crippen LogP contribution in [-0.4, -0.2) is 122 Å². The van der Waals surface area contributed by atoms with Gasteiger partial charge in [-0.05, 0) is 42.1 Å². The van der Waals surface area contributed by atoms with Gasteiger partial charge in [0.15, 0.2) is 55.1 Å². The molecule has 8 rings (SSSR count). The molecule has 2 bridgehead atoms. The number of imidazole rings is 2. The molecule has 2 amide bonds. The quantitative estimate of drug-likeness (QED) is 0.0688. The zero-order valence-electron chi connectivity index (χ0n) is 38.2. The second-order valence-electron chi connectivity index (χ2n) is 18.0. The summed E-state index contributed by atoms with van der Waals surface area (Å²) in [6.45, 7) is 10.3. The molecule has 4 aromatic heterocycles. The number of hydrogen-bond acceptors (Lipinski definition) is 19. The van der Waals surface area contributed by atoms with E-state index >= 15 is 4.39 Å². The zero-order valence-corrected chi connectivity index (χ0v) is 42.6. The van der Waals surface area contributed by atoms with Crippen molar-refractivity contribution in [3.05, 3.63) is 76.6 Å². The summed E-state index contributed by atoms with van der Waals surface area (Å²) in [7, 11) is -2.81. The second kappa shape index (κ2) is 20.0. The van der Waals surface area contributed by atoms with Crippen molar-refractivity contribution in [2.75, 3.05) is 37.0 Å². The number of nitrogens with zero attached hydrogens (tertiary/aromatic N) is 8. The fourth-order valence-corrected chi connectivity index (χ4v) is 12.1. The molecule has 3 fully saturated rings. The number of H-pyrrole nitrogens is 1. The maximum atomic E-state index is 17.2. The van der Waals surface area contributed by atoms with Crippen molar-refractivity contribution in [2.24, 2.45) is 5.92 Å². The number of amides is 2. The van der Waals surface area contributed by atoms with Crippen molar-refractivity contribution in [3.63, 3.8) is 0 Å². The van der Waals surface area contributed by atoms with Crippen LogP contribution >= 0.6 is 13.4 Å². The van der Waals surface area contributed by atoms with Gasteiger partial charge in [-0.2, -0.15) is 4.98 Å². The molecular weight excluding hydrogens is 1000 g/mol. The van der Waals surface area contributed by atoms with Gasteiger partial charge in [0.05, 0.1) is 25.9 Å². The van der Waals surface area contributed by atoms with Gasteiger partial charge in [0.25, 0.3) is 11.5 Å². The molecule has 3 saturated heterocycles. The number of anilines is 2. The van der Waals surface area contributed by atoms with E-state index < -0.39 is 112 Å². The van der Waals surface area contributed by atoms with Gasteiger partial charge in [-0.3, -0.25) is 38.3 Å². The normalized spacial score (nSPS) is 28.9. The first kappa shape index (κ1) is 51.0. The summed E-state index contributed by atoms with van der Waals surface area (Å²) in [4.78, 5) is 81.1. The fraction of sp³-hybridized carbons (Fsp3) is 0.525. The number of nitrogens with one attached hydrogen (secondary N) is 3. The SMILES string of the molecule is [C-]#[N+]CCOP1(=S)OC[C@H]2O[C@@H](n3cnc4c(=O)[nH]c(NC(=O)C(C)C)nc43)C(OP([O-])(=S)OC[C@H]3O[C@@H](n4cnc5c(NC(=O)c6ccccc6)ncnc54)C(F)[C@H]3O1)[C@H]2O[Si](C)(C)C(C)(C)C.